The standard InChI is InChI=1S/C21H24Cl2N2O2S/c1-3-24-21(27)15(2)25(12-16-8-5-4-6-9-16)20(26)14-28-13-17-18(22)10-7-11-19(17)23/h4-11,15H,3,12-14H2,1-2H3,(H,24,27)/t15-/m1/s1. The summed E-state index contributed by atoms with van der Waals surface area (Å²) < 4.78 is 0. The Morgan fingerprint density at radius 1 is 1.07 bits per heavy atom. The first-order chi connectivity index (χ1) is 13.4. The third-order valence-electron chi connectivity index (χ3n) is 4.25. The minimum Gasteiger partial charge on any atom is -0.355 e. The van der Waals surface area contributed by atoms with Crippen LogP contribution in [-0.2, 0) is 21.9 Å². The van der Waals surface area contributed by atoms with Crippen LogP contribution < -0.4 is 5.32 Å². The zero-order valence-corrected chi connectivity index (χ0v) is 18.3. The van der Waals surface area contributed by atoms with E-state index in [9.17, 15) is 9.59 Å². The van der Waals surface area contributed by atoms with Crippen LogP contribution >= 0.6 is 35.0 Å². The highest BCUT2D eigenvalue weighted by molar-refractivity contribution is 7.99. The van der Waals surface area contributed by atoms with Crippen LogP contribution in [-0.4, -0.2) is 35.1 Å². The Morgan fingerprint density at radius 3 is 2.32 bits per heavy atom. The van der Waals surface area contributed by atoms with Gasteiger partial charge in [0.15, 0.2) is 0 Å². The van der Waals surface area contributed by atoms with Crippen molar-refractivity contribution < 1.29 is 9.59 Å². The largest absolute Gasteiger partial charge is 0.355 e. The van der Waals surface area contributed by atoms with E-state index in [0.717, 1.165) is 11.1 Å². The van der Waals surface area contributed by atoms with Gasteiger partial charge in [-0.05, 0) is 37.1 Å². The molecule has 0 aliphatic rings. The fourth-order valence-corrected chi connectivity index (χ4v) is 4.33. The van der Waals surface area contributed by atoms with Crippen molar-refractivity contribution in [2.75, 3.05) is 12.3 Å². The predicted molar refractivity (Wildman–Crippen MR) is 118 cm³/mol. The minimum absolute atomic E-state index is 0.101. The van der Waals surface area contributed by atoms with Crippen LogP contribution in [0.5, 0.6) is 0 Å². The molecule has 2 amide bonds. The number of thioether (sulfide) groups is 1. The van der Waals surface area contributed by atoms with E-state index in [4.69, 9.17) is 23.2 Å². The van der Waals surface area contributed by atoms with E-state index in [1.807, 2.05) is 37.3 Å². The molecule has 0 aliphatic carbocycles. The molecule has 2 aromatic carbocycles. The molecule has 0 aliphatic heterocycles. The van der Waals surface area contributed by atoms with E-state index in [0.29, 0.717) is 28.9 Å². The Kier molecular flexibility index (Phi) is 9.16. The quantitative estimate of drug-likeness (QED) is 0.612. The van der Waals surface area contributed by atoms with Gasteiger partial charge in [0.25, 0.3) is 0 Å². The molecule has 28 heavy (non-hydrogen) atoms. The molecular weight excluding hydrogens is 415 g/mol. The molecule has 0 aromatic heterocycles. The second-order valence-electron chi connectivity index (χ2n) is 6.27. The monoisotopic (exact) mass is 438 g/mol. The van der Waals surface area contributed by atoms with Crippen LogP contribution in [0.25, 0.3) is 0 Å². The van der Waals surface area contributed by atoms with Crippen LogP contribution in [0.15, 0.2) is 48.5 Å². The number of nitrogens with one attached hydrogen (secondary N) is 1. The molecule has 0 radical (unpaired) electrons. The second kappa shape index (κ2) is 11.3. The summed E-state index contributed by atoms with van der Waals surface area (Å²) in [6, 6.07) is 14.5. The van der Waals surface area contributed by atoms with Crippen LogP contribution in [0, 0.1) is 0 Å². The maximum Gasteiger partial charge on any atom is 0.242 e. The molecule has 1 atom stereocenters. The van der Waals surface area contributed by atoms with E-state index in [-0.39, 0.29) is 17.6 Å². The van der Waals surface area contributed by atoms with Crippen molar-refractivity contribution in [3.63, 3.8) is 0 Å². The van der Waals surface area contributed by atoms with Crippen LogP contribution in [0.3, 0.4) is 0 Å². The summed E-state index contributed by atoms with van der Waals surface area (Å²) in [5.74, 6) is 0.499. The van der Waals surface area contributed by atoms with Crippen molar-refractivity contribution >= 4 is 46.8 Å². The molecule has 4 nitrogen and oxygen atoms in total. The molecule has 0 fully saturated rings. The molecule has 2 rings (SSSR count). The molecule has 0 bridgehead atoms. The summed E-state index contributed by atoms with van der Waals surface area (Å²) in [6.45, 7) is 4.51. The van der Waals surface area contributed by atoms with Gasteiger partial charge in [0.1, 0.15) is 6.04 Å². The van der Waals surface area contributed by atoms with E-state index in [1.165, 1.54) is 11.8 Å². The SMILES string of the molecule is CCNC(=O)[C@@H](C)N(Cc1ccccc1)C(=O)CSCc1c(Cl)cccc1Cl. The molecule has 0 spiro atoms. The topological polar surface area (TPSA) is 49.4 Å². The summed E-state index contributed by atoms with van der Waals surface area (Å²) in [5.41, 5.74) is 1.79. The molecule has 7 heteroatoms. The number of carbonyl (C=O) groups is 2. The van der Waals surface area contributed by atoms with Crippen molar-refractivity contribution in [2.24, 2.45) is 0 Å². The van der Waals surface area contributed by atoms with Gasteiger partial charge < -0.3 is 10.2 Å². The third-order valence-corrected chi connectivity index (χ3v) is 5.90. The highest BCUT2D eigenvalue weighted by Gasteiger charge is 2.25. The van der Waals surface area contributed by atoms with Gasteiger partial charge >= 0.3 is 0 Å². The number of nitrogens with zero attached hydrogens (tertiary/aromatic N) is 1. The summed E-state index contributed by atoms with van der Waals surface area (Å²) in [6.07, 6.45) is 0. The third kappa shape index (κ3) is 6.43. The van der Waals surface area contributed by atoms with E-state index in [2.05, 4.69) is 5.32 Å². The Bertz CT molecular complexity index is 782. The number of amides is 2. The number of likely N-dealkylation sites (N-methyl/N-ethyl adjacent to an activating group) is 1. The maximum absolute atomic E-state index is 12.9. The van der Waals surface area contributed by atoms with Gasteiger partial charge in [-0.2, -0.15) is 0 Å². The molecule has 0 saturated carbocycles. The molecular formula is C21H24Cl2N2O2S. The highest BCUT2D eigenvalue weighted by Crippen LogP contribution is 2.28. The van der Waals surface area contributed by atoms with Gasteiger partial charge in [0.05, 0.1) is 5.75 Å². The Morgan fingerprint density at radius 2 is 1.71 bits per heavy atom. The van der Waals surface area contributed by atoms with Crippen LogP contribution in [0.4, 0.5) is 0 Å². The number of rotatable bonds is 9. The number of benzene rings is 2. The Balaban J connectivity index is 2.06. The van der Waals surface area contributed by atoms with Crippen molar-refractivity contribution in [1.29, 1.82) is 0 Å². The predicted octanol–water partition coefficient (Wildman–Crippen LogP) is 4.78. The molecule has 1 N–H and O–H groups in total. The lowest BCUT2D eigenvalue weighted by Crippen LogP contribution is -2.48. The second-order valence-corrected chi connectivity index (χ2v) is 8.07. The zero-order valence-electron chi connectivity index (χ0n) is 16.0. The van der Waals surface area contributed by atoms with Gasteiger partial charge in [-0.15, -0.1) is 11.8 Å². The first-order valence-corrected chi connectivity index (χ1v) is 11.0. The Labute approximate surface area is 180 Å². The first kappa shape index (κ1) is 22.6. The van der Waals surface area contributed by atoms with Gasteiger partial charge in [-0.3, -0.25) is 9.59 Å². The lowest BCUT2D eigenvalue weighted by atomic mass is 10.1. The minimum atomic E-state index is -0.558. The molecule has 0 saturated heterocycles. The maximum atomic E-state index is 12.9. The number of hydrogen-bond acceptors (Lipinski definition) is 3. The molecule has 150 valence electrons. The number of carbonyl (C=O) groups excluding carboxylic acids is 2. The fourth-order valence-electron chi connectivity index (χ4n) is 2.68. The lowest BCUT2D eigenvalue weighted by molar-refractivity contribution is -0.138. The smallest absolute Gasteiger partial charge is 0.242 e. The average molecular weight is 439 g/mol. The van der Waals surface area contributed by atoms with E-state index < -0.39 is 6.04 Å². The van der Waals surface area contributed by atoms with Crippen LogP contribution in [0.1, 0.15) is 25.0 Å². The fraction of sp³-hybridized carbons (Fsp3) is 0.333. The van der Waals surface area contributed by atoms with Crippen molar-refractivity contribution in [1.82, 2.24) is 10.2 Å². The van der Waals surface area contributed by atoms with Gasteiger partial charge in [0.2, 0.25) is 11.8 Å². The number of hydrogen-bond donors (Lipinski definition) is 1. The summed E-state index contributed by atoms with van der Waals surface area (Å²) >= 11 is 13.8. The van der Waals surface area contributed by atoms with Gasteiger partial charge in [0, 0.05) is 28.9 Å². The lowest BCUT2D eigenvalue weighted by Gasteiger charge is -2.28. The molecule has 0 heterocycles. The van der Waals surface area contributed by atoms with E-state index >= 15 is 0 Å². The van der Waals surface area contributed by atoms with Crippen molar-refractivity contribution in [3.8, 4) is 0 Å². The van der Waals surface area contributed by atoms with E-state index in [1.54, 1.807) is 30.0 Å². The average Bonchev–Trinajstić information content (AvgIpc) is 2.68. The highest BCUT2D eigenvalue weighted by atomic mass is 35.5. The van der Waals surface area contributed by atoms with Crippen molar-refractivity contribution in [2.45, 2.75) is 32.2 Å². The summed E-state index contributed by atoms with van der Waals surface area (Å²) in [5, 5.41) is 3.96. The first-order valence-electron chi connectivity index (χ1n) is 9.05. The summed E-state index contributed by atoms with van der Waals surface area (Å²) in [4.78, 5) is 26.8. The molecule has 2 aromatic rings. The molecule has 0 unspecified atom stereocenters. The van der Waals surface area contributed by atoms with Gasteiger partial charge in [-0.1, -0.05) is 59.6 Å². The summed E-state index contributed by atoms with van der Waals surface area (Å²) in [7, 11) is 0. The van der Waals surface area contributed by atoms with Gasteiger partial charge in [-0.25, -0.2) is 0 Å². The van der Waals surface area contributed by atoms with Crippen LogP contribution in [0.2, 0.25) is 10.0 Å². The van der Waals surface area contributed by atoms with Crippen molar-refractivity contribution in [3.05, 3.63) is 69.7 Å². The number of halogens is 2. The Hall–Kier alpha value is -1.69. The zero-order chi connectivity index (χ0) is 20.5. The normalized spacial score (nSPS) is 11.7.